The normalized spacial score (nSPS) is 14.7. The number of carboxylic acid groups (broad SMARTS) is 1. The Morgan fingerprint density at radius 1 is 1.43 bits per heavy atom. The summed E-state index contributed by atoms with van der Waals surface area (Å²) in [6.45, 7) is 1.89. The molecular formula is C11H15NO2. The standard InChI is InChI=1S/C11H15NO2/c1-2-9(12)10(11(13)14)8-6-4-3-5-7-8/h3-7,9-10H,2,12H2,1H3,(H,13,14). The van der Waals surface area contributed by atoms with Crippen molar-refractivity contribution >= 4 is 5.97 Å². The summed E-state index contributed by atoms with van der Waals surface area (Å²) in [5, 5.41) is 9.05. The van der Waals surface area contributed by atoms with Gasteiger partial charge in [-0.05, 0) is 12.0 Å². The van der Waals surface area contributed by atoms with Crippen LogP contribution in [-0.4, -0.2) is 17.1 Å². The molecule has 1 rings (SSSR count). The molecule has 0 aliphatic heterocycles. The molecule has 0 aliphatic rings. The van der Waals surface area contributed by atoms with Crippen LogP contribution in [0, 0.1) is 0 Å². The first-order valence-corrected chi connectivity index (χ1v) is 4.70. The lowest BCUT2D eigenvalue weighted by Gasteiger charge is -2.18. The number of hydrogen-bond donors (Lipinski definition) is 2. The van der Waals surface area contributed by atoms with Gasteiger partial charge in [0.1, 0.15) is 0 Å². The molecule has 0 aromatic heterocycles. The fourth-order valence-electron chi connectivity index (χ4n) is 1.47. The van der Waals surface area contributed by atoms with E-state index in [1.165, 1.54) is 0 Å². The second-order valence-corrected chi connectivity index (χ2v) is 3.30. The maximum absolute atomic E-state index is 11.0. The minimum Gasteiger partial charge on any atom is -0.481 e. The van der Waals surface area contributed by atoms with Crippen LogP contribution in [0.4, 0.5) is 0 Å². The summed E-state index contributed by atoms with van der Waals surface area (Å²) in [5.41, 5.74) is 6.54. The van der Waals surface area contributed by atoms with Gasteiger partial charge < -0.3 is 10.8 Å². The number of nitrogens with two attached hydrogens (primary N) is 1. The molecule has 0 spiro atoms. The first-order valence-electron chi connectivity index (χ1n) is 4.70. The van der Waals surface area contributed by atoms with Crippen molar-refractivity contribution < 1.29 is 9.90 Å². The first kappa shape index (κ1) is 10.7. The topological polar surface area (TPSA) is 63.3 Å². The van der Waals surface area contributed by atoms with Crippen LogP contribution in [-0.2, 0) is 4.79 Å². The van der Waals surface area contributed by atoms with Gasteiger partial charge in [0.25, 0.3) is 0 Å². The van der Waals surface area contributed by atoms with Crippen LogP contribution in [0.15, 0.2) is 30.3 Å². The summed E-state index contributed by atoms with van der Waals surface area (Å²) >= 11 is 0. The first-order chi connectivity index (χ1) is 6.66. The predicted molar refractivity (Wildman–Crippen MR) is 55.1 cm³/mol. The van der Waals surface area contributed by atoms with Crippen LogP contribution in [0.1, 0.15) is 24.8 Å². The zero-order valence-corrected chi connectivity index (χ0v) is 8.18. The van der Waals surface area contributed by atoms with Crippen molar-refractivity contribution in [2.75, 3.05) is 0 Å². The molecule has 0 aliphatic carbocycles. The lowest BCUT2D eigenvalue weighted by atomic mass is 9.91. The van der Waals surface area contributed by atoms with E-state index < -0.39 is 11.9 Å². The Balaban J connectivity index is 2.95. The largest absolute Gasteiger partial charge is 0.481 e. The lowest BCUT2D eigenvalue weighted by Crippen LogP contribution is -2.32. The number of carboxylic acids is 1. The van der Waals surface area contributed by atoms with Gasteiger partial charge in [-0.25, -0.2) is 0 Å². The molecule has 0 bridgehead atoms. The van der Waals surface area contributed by atoms with E-state index in [4.69, 9.17) is 10.8 Å². The van der Waals surface area contributed by atoms with Crippen LogP contribution in [0.3, 0.4) is 0 Å². The molecule has 3 heteroatoms. The van der Waals surface area contributed by atoms with Crippen molar-refractivity contribution in [2.45, 2.75) is 25.3 Å². The van der Waals surface area contributed by atoms with E-state index in [1.54, 1.807) is 12.1 Å². The molecule has 76 valence electrons. The number of aliphatic carboxylic acids is 1. The highest BCUT2D eigenvalue weighted by Crippen LogP contribution is 2.20. The third kappa shape index (κ3) is 2.33. The third-order valence-electron chi connectivity index (χ3n) is 2.32. The molecular weight excluding hydrogens is 178 g/mol. The Hall–Kier alpha value is -1.35. The van der Waals surface area contributed by atoms with Gasteiger partial charge in [0.15, 0.2) is 0 Å². The summed E-state index contributed by atoms with van der Waals surface area (Å²) in [7, 11) is 0. The van der Waals surface area contributed by atoms with Gasteiger partial charge in [-0.2, -0.15) is 0 Å². The molecule has 1 aromatic carbocycles. The summed E-state index contributed by atoms with van der Waals surface area (Å²) < 4.78 is 0. The van der Waals surface area contributed by atoms with Crippen molar-refractivity contribution in [3.63, 3.8) is 0 Å². The third-order valence-corrected chi connectivity index (χ3v) is 2.32. The van der Waals surface area contributed by atoms with E-state index in [0.717, 1.165) is 5.56 Å². The average Bonchev–Trinajstić information content (AvgIpc) is 2.19. The lowest BCUT2D eigenvalue weighted by molar-refractivity contribution is -0.139. The highest BCUT2D eigenvalue weighted by atomic mass is 16.4. The molecule has 2 unspecified atom stereocenters. The predicted octanol–water partition coefficient (Wildman–Crippen LogP) is 1.59. The van der Waals surface area contributed by atoms with E-state index in [1.807, 2.05) is 25.1 Å². The zero-order valence-electron chi connectivity index (χ0n) is 8.18. The van der Waals surface area contributed by atoms with Gasteiger partial charge in [0, 0.05) is 6.04 Å². The summed E-state index contributed by atoms with van der Waals surface area (Å²) in [5.74, 6) is -1.45. The molecule has 0 radical (unpaired) electrons. The van der Waals surface area contributed by atoms with Crippen molar-refractivity contribution in [3.05, 3.63) is 35.9 Å². The van der Waals surface area contributed by atoms with Crippen molar-refractivity contribution in [3.8, 4) is 0 Å². The van der Waals surface area contributed by atoms with E-state index in [0.29, 0.717) is 6.42 Å². The molecule has 3 nitrogen and oxygen atoms in total. The van der Waals surface area contributed by atoms with Crippen LogP contribution in [0.25, 0.3) is 0 Å². The number of hydrogen-bond acceptors (Lipinski definition) is 2. The molecule has 2 atom stereocenters. The maximum Gasteiger partial charge on any atom is 0.312 e. The van der Waals surface area contributed by atoms with Gasteiger partial charge in [-0.1, -0.05) is 37.3 Å². The van der Waals surface area contributed by atoms with E-state index >= 15 is 0 Å². The highest BCUT2D eigenvalue weighted by Gasteiger charge is 2.25. The maximum atomic E-state index is 11.0. The average molecular weight is 193 g/mol. The van der Waals surface area contributed by atoms with Gasteiger partial charge >= 0.3 is 5.97 Å². The second-order valence-electron chi connectivity index (χ2n) is 3.30. The fraction of sp³-hybridized carbons (Fsp3) is 0.364. The van der Waals surface area contributed by atoms with E-state index in [2.05, 4.69) is 0 Å². The Morgan fingerprint density at radius 3 is 2.43 bits per heavy atom. The molecule has 0 saturated carbocycles. The van der Waals surface area contributed by atoms with Crippen LogP contribution >= 0.6 is 0 Å². The minimum absolute atomic E-state index is 0.324. The summed E-state index contributed by atoms with van der Waals surface area (Å²) in [6.07, 6.45) is 0.659. The van der Waals surface area contributed by atoms with Gasteiger partial charge in [0.05, 0.1) is 5.92 Å². The SMILES string of the molecule is CCC(N)C(C(=O)O)c1ccccc1. The molecule has 1 aromatic rings. The van der Waals surface area contributed by atoms with E-state index in [9.17, 15) is 4.79 Å². The van der Waals surface area contributed by atoms with Gasteiger partial charge in [-0.15, -0.1) is 0 Å². The van der Waals surface area contributed by atoms with Crippen LogP contribution in [0.2, 0.25) is 0 Å². The zero-order chi connectivity index (χ0) is 10.6. The van der Waals surface area contributed by atoms with Crippen molar-refractivity contribution in [2.24, 2.45) is 5.73 Å². The Labute approximate surface area is 83.6 Å². The Bertz CT molecular complexity index is 297. The summed E-state index contributed by atoms with van der Waals surface area (Å²) in [4.78, 5) is 11.0. The van der Waals surface area contributed by atoms with Crippen LogP contribution in [0.5, 0.6) is 0 Å². The van der Waals surface area contributed by atoms with Gasteiger partial charge in [0.2, 0.25) is 0 Å². The smallest absolute Gasteiger partial charge is 0.312 e. The second kappa shape index (κ2) is 4.77. The molecule has 14 heavy (non-hydrogen) atoms. The van der Waals surface area contributed by atoms with Crippen molar-refractivity contribution in [1.29, 1.82) is 0 Å². The van der Waals surface area contributed by atoms with Crippen molar-refractivity contribution in [1.82, 2.24) is 0 Å². The molecule has 0 amide bonds. The fourth-order valence-corrected chi connectivity index (χ4v) is 1.47. The number of carbonyl (C=O) groups is 1. The highest BCUT2D eigenvalue weighted by molar-refractivity contribution is 5.77. The minimum atomic E-state index is -0.856. The van der Waals surface area contributed by atoms with E-state index in [-0.39, 0.29) is 6.04 Å². The molecule has 0 fully saturated rings. The monoisotopic (exact) mass is 193 g/mol. The molecule has 3 N–H and O–H groups in total. The number of rotatable bonds is 4. The quantitative estimate of drug-likeness (QED) is 0.763. The Kier molecular flexibility index (Phi) is 3.65. The van der Waals surface area contributed by atoms with Crippen LogP contribution < -0.4 is 5.73 Å². The number of benzene rings is 1. The molecule has 0 saturated heterocycles. The Morgan fingerprint density at radius 2 is 2.00 bits per heavy atom. The summed E-state index contributed by atoms with van der Waals surface area (Å²) in [6, 6.07) is 8.79. The van der Waals surface area contributed by atoms with Gasteiger partial charge in [-0.3, -0.25) is 4.79 Å². The molecule has 0 heterocycles.